The maximum Gasteiger partial charge on any atom is 0.316 e. The minimum atomic E-state index is -0.178. The SMILES string of the molecule is C=C/C=C(\C=C/CC)SCC(=O)OCC. The average Bonchev–Trinajstić information content (AvgIpc) is 2.22. The van der Waals surface area contributed by atoms with Crippen LogP contribution < -0.4 is 0 Å². The van der Waals surface area contributed by atoms with Crippen molar-refractivity contribution < 1.29 is 9.53 Å². The Balaban J connectivity index is 4.07. The molecule has 0 radical (unpaired) electrons. The molecular weight excluding hydrogens is 208 g/mol. The van der Waals surface area contributed by atoms with Gasteiger partial charge >= 0.3 is 5.97 Å². The summed E-state index contributed by atoms with van der Waals surface area (Å²) in [5, 5.41) is 0. The predicted octanol–water partition coefficient (Wildman–Crippen LogP) is 3.32. The third-order valence-electron chi connectivity index (χ3n) is 1.46. The molecule has 0 aromatic carbocycles. The lowest BCUT2D eigenvalue weighted by molar-refractivity contribution is -0.139. The quantitative estimate of drug-likeness (QED) is 0.492. The summed E-state index contributed by atoms with van der Waals surface area (Å²) in [7, 11) is 0. The molecule has 0 bridgehead atoms. The summed E-state index contributed by atoms with van der Waals surface area (Å²) in [5.41, 5.74) is 0. The molecule has 0 saturated carbocycles. The molecule has 0 rings (SSSR count). The van der Waals surface area contributed by atoms with Crippen LogP contribution in [0.5, 0.6) is 0 Å². The van der Waals surface area contributed by atoms with Crippen LogP contribution in [-0.4, -0.2) is 18.3 Å². The summed E-state index contributed by atoms with van der Waals surface area (Å²) in [4.78, 5) is 12.1. The van der Waals surface area contributed by atoms with E-state index < -0.39 is 0 Å². The molecule has 15 heavy (non-hydrogen) atoms. The molecule has 0 aliphatic rings. The van der Waals surface area contributed by atoms with Crippen molar-refractivity contribution in [1.29, 1.82) is 0 Å². The Morgan fingerprint density at radius 1 is 1.47 bits per heavy atom. The van der Waals surface area contributed by atoms with Crippen LogP contribution in [0.15, 0.2) is 35.8 Å². The molecule has 0 unspecified atom stereocenters. The van der Waals surface area contributed by atoms with Gasteiger partial charge in [0, 0.05) is 4.91 Å². The standard InChI is InChI=1S/C12H18O2S/c1-4-7-9-11(8-5-2)15-10-12(13)14-6-3/h5,7-9H,2,4,6,10H2,1,3H3/b9-7-,11-8+. The fraction of sp³-hybridized carbons (Fsp3) is 0.417. The molecule has 0 aromatic rings. The van der Waals surface area contributed by atoms with Crippen molar-refractivity contribution in [2.45, 2.75) is 20.3 Å². The molecule has 0 amide bonds. The molecule has 0 saturated heterocycles. The first kappa shape index (κ1) is 14.0. The first-order valence-electron chi connectivity index (χ1n) is 5.02. The van der Waals surface area contributed by atoms with Crippen LogP contribution in [0.2, 0.25) is 0 Å². The van der Waals surface area contributed by atoms with Gasteiger partial charge in [-0.3, -0.25) is 4.79 Å². The van der Waals surface area contributed by atoms with Crippen LogP contribution in [-0.2, 0) is 9.53 Å². The molecule has 3 heteroatoms. The summed E-state index contributed by atoms with van der Waals surface area (Å²) < 4.78 is 4.84. The van der Waals surface area contributed by atoms with E-state index in [0.29, 0.717) is 12.4 Å². The van der Waals surface area contributed by atoms with E-state index in [1.54, 1.807) is 13.0 Å². The Morgan fingerprint density at radius 3 is 2.73 bits per heavy atom. The van der Waals surface area contributed by atoms with E-state index in [-0.39, 0.29) is 5.97 Å². The van der Waals surface area contributed by atoms with Gasteiger partial charge in [-0.2, -0.15) is 0 Å². The lowest BCUT2D eigenvalue weighted by atomic mass is 10.4. The van der Waals surface area contributed by atoms with Gasteiger partial charge < -0.3 is 4.74 Å². The van der Waals surface area contributed by atoms with Crippen LogP contribution in [0.1, 0.15) is 20.3 Å². The predicted molar refractivity (Wildman–Crippen MR) is 66.8 cm³/mol. The fourth-order valence-corrected chi connectivity index (χ4v) is 1.60. The molecule has 0 spiro atoms. The number of thioether (sulfide) groups is 1. The molecule has 0 fully saturated rings. The Morgan fingerprint density at radius 2 is 2.20 bits per heavy atom. The zero-order valence-electron chi connectivity index (χ0n) is 9.36. The molecule has 0 atom stereocenters. The number of hydrogen-bond donors (Lipinski definition) is 0. The molecular formula is C12H18O2S. The van der Waals surface area contributed by atoms with Crippen molar-refractivity contribution >= 4 is 17.7 Å². The highest BCUT2D eigenvalue weighted by Gasteiger charge is 2.02. The van der Waals surface area contributed by atoms with Gasteiger partial charge in [-0.1, -0.05) is 31.7 Å². The number of allylic oxidation sites excluding steroid dienone is 4. The van der Waals surface area contributed by atoms with E-state index in [9.17, 15) is 4.79 Å². The smallest absolute Gasteiger partial charge is 0.316 e. The topological polar surface area (TPSA) is 26.3 Å². The number of rotatable bonds is 7. The number of carbonyl (C=O) groups is 1. The second-order valence-corrected chi connectivity index (χ2v) is 3.76. The molecule has 2 nitrogen and oxygen atoms in total. The van der Waals surface area contributed by atoms with Crippen molar-refractivity contribution in [3.05, 3.63) is 35.8 Å². The fourth-order valence-electron chi connectivity index (χ4n) is 0.847. The Kier molecular flexibility index (Phi) is 8.98. The average molecular weight is 226 g/mol. The van der Waals surface area contributed by atoms with E-state index in [4.69, 9.17) is 4.74 Å². The number of esters is 1. The van der Waals surface area contributed by atoms with Gasteiger partial charge in [0.25, 0.3) is 0 Å². The van der Waals surface area contributed by atoms with Crippen LogP contribution in [0.25, 0.3) is 0 Å². The van der Waals surface area contributed by atoms with Crippen LogP contribution in [0.3, 0.4) is 0 Å². The van der Waals surface area contributed by atoms with Crippen LogP contribution in [0, 0.1) is 0 Å². The Bertz CT molecular complexity index is 254. The van der Waals surface area contributed by atoms with Crippen LogP contribution in [0.4, 0.5) is 0 Å². The van der Waals surface area contributed by atoms with Gasteiger partial charge in [0.15, 0.2) is 0 Å². The second kappa shape index (κ2) is 9.59. The summed E-state index contributed by atoms with van der Waals surface area (Å²) in [6.07, 6.45) is 8.62. The lowest BCUT2D eigenvalue weighted by Crippen LogP contribution is -2.06. The zero-order chi connectivity index (χ0) is 11.5. The molecule has 84 valence electrons. The highest BCUT2D eigenvalue weighted by molar-refractivity contribution is 8.03. The summed E-state index contributed by atoms with van der Waals surface area (Å²) in [6.45, 7) is 7.94. The normalized spacial score (nSPS) is 11.7. The van der Waals surface area contributed by atoms with Crippen LogP contribution >= 0.6 is 11.8 Å². The van der Waals surface area contributed by atoms with Gasteiger partial charge in [-0.25, -0.2) is 0 Å². The molecule has 0 heterocycles. The van der Waals surface area contributed by atoms with Gasteiger partial charge in [-0.05, 0) is 19.4 Å². The molecule has 0 N–H and O–H groups in total. The van der Waals surface area contributed by atoms with E-state index in [0.717, 1.165) is 11.3 Å². The third kappa shape index (κ3) is 8.06. The minimum Gasteiger partial charge on any atom is -0.465 e. The molecule has 0 aliphatic heterocycles. The first-order valence-corrected chi connectivity index (χ1v) is 6.00. The second-order valence-electron chi connectivity index (χ2n) is 2.71. The summed E-state index contributed by atoms with van der Waals surface area (Å²) in [6, 6.07) is 0. The minimum absolute atomic E-state index is 0.178. The summed E-state index contributed by atoms with van der Waals surface area (Å²) in [5.74, 6) is 0.170. The number of ether oxygens (including phenoxy) is 1. The van der Waals surface area contributed by atoms with Gasteiger partial charge in [0.1, 0.15) is 0 Å². The maximum absolute atomic E-state index is 11.1. The Labute approximate surface area is 96.1 Å². The summed E-state index contributed by atoms with van der Waals surface area (Å²) >= 11 is 1.46. The van der Waals surface area contributed by atoms with Crippen molar-refractivity contribution in [2.24, 2.45) is 0 Å². The highest BCUT2D eigenvalue weighted by atomic mass is 32.2. The third-order valence-corrected chi connectivity index (χ3v) is 2.45. The van der Waals surface area contributed by atoms with Crippen molar-refractivity contribution in [3.63, 3.8) is 0 Å². The number of carbonyl (C=O) groups excluding carboxylic acids is 1. The monoisotopic (exact) mass is 226 g/mol. The Hall–Kier alpha value is -0.960. The number of hydrogen-bond acceptors (Lipinski definition) is 3. The largest absolute Gasteiger partial charge is 0.465 e. The van der Waals surface area contributed by atoms with Gasteiger partial charge in [-0.15, -0.1) is 11.8 Å². The van der Waals surface area contributed by atoms with Gasteiger partial charge in [0.05, 0.1) is 12.4 Å². The van der Waals surface area contributed by atoms with E-state index in [1.165, 1.54) is 11.8 Å². The zero-order valence-corrected chi connectivity index (χ0v) is 10.2. The van der Waals surface area contributed by atoms with E-state index in [1.807, 2.05) is 18.2 Å². The van der Waals surface area contributed by atoms with Crippen molar-refractivity contribution in [1.82, 2.24) is 0 Å². The van der Waals surface area contributed by atoms with Crippen molar-refractivity contribution in [3.8, 4) is 0 Å². The molecule has 0 aliphatic carbocycles. The van der Waals surface area contributed by atoms with Gasteiger partial charge in [0.2, 0.25) is 0 Å². The lowest BCUT2D eigenvalue weighted by Gasteiger charge is -2.02. The maximum atomic E-state index is 11.1. The first-order chi connectivity index (χ1) is 7.24. The molecule has 0 aromatic heterocycles. The highest BCUT2D eigenvalue weighted by Crippen LogP contribution is 2.17. The van der Waals surface area contributed by atoms with E-state index in [2.05, 4.69) is 13.5 Å². The van der Waals surface area contributed by atoms with Crippen molar-refractivity contribution in [2.75, 3.05) is 12.4 Å². The van der Waals surface area contributed by atoms with E-state index >= 15 is 0 Å².